The van der Waals surface area contributed by atoms with Gasteiger partial charge in [0.05, 0.1) is 0 Å². The number of amides is 1. The number of aromatic nitrogens is 2. The Bertz CT molecular complexity index is 726. The van der Waals surface area contributed by atoms with E-state index < -0.39 is 17.7 Å². The SMILES string of the molecule is CC(C)[C@H](NC(=O)OC(C)(C)C)c1nnc(SCc2ccc(Cl)cc2)o1. The zero-order valence-electron chi connectivity index (χ0n) is 15.6. The second-order valence-corrected chi connectivity index (χ2v) is 8.55. The molecule has 0 saturated carbocycles. The Morgan fingerprint density at radius 2 is 1.92 bits per heavy atom. The van der Waals surface area contributed by atoms with E-state index in [1.165, 1.54) is 11.8 Å². The molecule has 0 saturated heterocycles. The van der Waals surface area contributed by atoms with Crippen LogP contribution in [0.4, 0.5) is 4.79 Å². The van der Waals surface area contributed by atoms with Crippen LogP contribution in [0.15, 0.2) is 33.9 Å². The molecule has 0 radical (unpaired) electrons. The van der Waals surface area contributed by atoms with Crippen LogP contribution < -0.4 is 5.32 Å². The van der Waals surface area contributed by atoms with Crippen LogP contribution in [0.1, 0.15) is 52.1 Å². The molecular formula is C18H24ClN3O3S. The number of alkyl carbamates (subject to hydrolysis) is 1. The number of thioether (sulfide) groups is 1. The second-order valence-electron chi connectivity index (χ2n) is 7.19. The van der Waals surface area contributed by atoms with Crippen LogP contribution in [0.5, 0.6) is 0 Å². The fourth-order valence-electron chi connectivity index (χ4n) is 2.08. The number of hydrogen-bond acceptors (Lipinski definition) is 6. The van der Waals surface area contributed by atoms with Gasteiger partial charge in [0.25, 0.3) is 5.22 Å². The van der Waals surface area contributed by atoms with E-state index in [0.29, 0.717) is 21.9 Å². The number of benzene rings is 1. The summed E-state index contributed by atoms with van der Waals surface area (Å²) in [6.07, 6.45) is -0.509. The number of hydrogen-bond donors (Lipinski definition) is 1. The molecule has 0 unspecified atom stereocenters. The predicted octanol–water partition coefficient (Wildman–Crippen LogP) is 5.24. The van der Waals surface area contributed by atoms with E-state index in [2.05, 4.69) is 15.5 Å². The lowest BCUT2D eigenvalue weighted by molar-refractivity contribution is 0.0477. The molecule has 0 bridgehead atoms. The van der Waals surface area contributed by atoms with Crippen LogP contribution in [-0.2, 0) is 10.5 Å². The lowest BCUT2D eigenvalue weighted by atomic mass is 10.1. The molecule has 1 atom stereocenters. The Morgan fingerprint density at radius 3 is 2.50 bits per heavy atom. The lowest BCUT2D eigenvalue weighted by Crippen LogP contribution is -2.37. The predicted molar refractivity (Wildman–Crippen MR) is 102 cm³/mol. The molecule has 0 aliphatic rings. The molecule has 26 heavy (non-hydrogen) atoms. The zero-order chi connectivity index (χ0) is 19.3. The summed E-state index contributed by atoms with van der Waals surface area (Å²) in [6.45, 7) is 9.37. The van der Waals surface area contributed by atoms with Crippen molar-refractivity contribution in [3.8, 4) is 0 Å². The van der Waals surface area contributed by atoms with Gasteiger partial charge in [-0.15, -0.1) is 10.2 Å². The van der Waals surface area contributed by atoms with Gasteiger partial charge in [0.2, 0.25) is 5.89 Å². The summed E-state index contributed by atoms with van der Waals surface area (Å²) in [5, 5.41) is 12.1. The number of ether oxygens (including phenoxy) is 1. The van der Waals surface area contributed by atoms with Crippen LogP contribution in [-0.4, -0.2) is 21.9 Å². The smallest absolute Gasteiger partial charge is 0.408 e. The van der Waals surface area contributed by atoms with Crippen LogP contribution in [0.25, 0.3) is 0 Å². The fraction of sp³-hybridized carbons (Fsp3) is 0.500. The lowest BCUT2D eigenvalue weighted by Gasteiger charge is -2.23. The van der Waals surface area contributed by atoms with Gasteiger partial charge in [-0.05, 0) is 44.4 Å². The summed E-state index contributed by atoms with van der Waals surface area (Å²) >= 11 is 7.32. The maximum atomic E-state index is 12.1. The number of halogens is 1. The van der Waals surface area contributed by atoms with Gasteiger partial charge < -0.3 is 14.5 Å². The van der Waals surface area contributed by atoms with Crippen molar-refractivity contribution in [1.82, 2.24) is 15.5 Å². The summed E-state index contributed by atoms with van der Waals surface area (Å²) < 4.78 is 11.0. The first kappa shape index (κ1) is 20.6. The van der Waals surface area contributed by atoms with Gasteiger partial charge in [-0.25, -0.2) is 4.79 Å². The van der Waals surface area contributed by atoms with Crippen LogP contribution in [0.2, 0.25) is 5.02 Å². The molecule has 1 heterocycles. The highest BCUT2D eigenvalue weighted by Gasteiger charge is 2.27. The van der Waals surface area contributed by atoms with Crippen molar-refractivity contribution in [3.05, 3.63) is 40.7 Å². The Hall–Kier alpha value is -1.73. The monoisotopic (exact) mass is 397 g/mol. The molecule has 8 heteroatoms. The summed E-state index contributed by atoms with van der Waals surface area (Å²) in [7, 11) is 0. The van der Waals surface area contributed by atoms with Crippen molar-refractivity contribution in [2.24, 2.45) is 5.92 Å². The van der Waals surface area contributed by atoms with E-state index >= 15 is 0 Å². The highest BCUT2D eigenvalue weighted by Crippen LogP contribution is 2.27. The molecule has 1 N–H and O–H groups in total. The van der Waals surface area contributed by atoms with Crippen molar-refractivity contribution in [1.29, 1.82) is 0 Å². The quantitative estimate of drug-likeness (QED) is 0.672. The van der Waals surface area contributed by atoms with Crippen molar-refractivity contribution in [2.45, 2.75) is 57.2 Å². The van der Waals surface area contributed by atoms with Gasteiger partial charge in [0.1, 0.15) is 11.6 Å². The highest BCUT2D eigenvalue weighted by atomic mass is 35.5. The summed E-state index contributed by atoms with van der Waals surface area (Å²) in [6, 6.07) is 7.18. The molecule has 1 aromatic heterocycles. The minimum absolute atomic E-state index is 0.0667. The molecule has 1 aromatic carbocycles. The van der Waals surface area contributed by atoms with E-state index in [1.54, 1.807) is 0 Å². The van der Waals surface area contributed by atoms with Gasteiger partial charge in [0.15, 0.2) is 0 Å². The van der Waals surface area contributed by atoms with E-state index in [1.807, 2.05) is 58.9 Å². The molecule has 0 aliphatic heterocycles. The van der Waals surface area contributed by atoms with Crippen LogP contribution >= 0.6 is 23.4 Å². The number of nitrogens with zero attached hydrogens (tertiary/aromatic N) is 2. The molecule has 2 aromatic rings. The van der Waals surface area contributed by atoms with Crippen LogP contribution in [0, 0.1) is 5.92 Å². The number of nitrogens with one attached hydrogen (secondary N) is 1. The van der Waals surface area contributed by atoms with Crippen molar-refractivity contribution in [3.63, 3.8) is 0 Å². The van der Waals surface area contributed by atoms with E-state index in [4.69, 9.17) is 20.8 Å². The third-order valence-corrected chi connectivity index (χ3v) is 4.44. The van der Waals surface area contributed by atoms with Crippen molar-refractivity contribution >= 4 is 29.5 Å². The summed E-state index contributed by atoms with van der Waals surface area (Å²) in [5.74, 6) is 1.12. The Labute approximate surface area is 163 Å². The first-order valence-corrected chi connectivity index (χ1v) is 9.70. The summed E-state index contributed by atoms with van der Waals surface area (Å²) in [4.78, 5) is 12.1. The Kier molecular flexibility index (Phi) is 6.94. The van der Waals surface area contributed by atoms with Crippen molar-refractivity contribution in [2.75, 3.05) is 0 Å². The van der Waals surface area contributed by atoms with Crippen molar-refractivity contribution < 1.29 is 13.9 Å². The minimum Gasteiger partial charge on any atom is -0.444 e. The molecule has 142 valence electrons. The molecule has 0 spiro atoms. The van der Waals surface area contributed by atoms with E-state index in [9.17, 15) is 4.79 Å². The van der Waals surface area contributed by atoms with E-state index in [-0.39, 0.29) is 5.92 Å². The molecule has 2 rings (SSSR count). The average Bonchev–Trinajstić information content (AvgIpc) is 2.98. The fourth-order valence-corrected chi connectivity index (χ4v) is 2.93. The molecule has 0 fully saturated rings. The topological polar surface area (TPSA) is 77.2 Å². The third-order valence-electron chi connectivity index (χ3n) is 3.30. The number of carbonyl (C=O) groups excluding carboxylic acids is 1. The number of rotatable bonds is 6. The minimum atomic E-state index is -0.569. The van der Waals surface area contributed by atoms with Crippen LogP contribution in [0.3, 0.4) is 0 Å². The van der Waals surface area contributed by atoms with Gasteiger partial charge in [-0.1, -0.05) is 49.3 Å². The van der Waals surface area contributed by atoms with Gasteiger partial charge in [-0.2, -0.15) is 0 Å². The average molecular weight is 398 g/mol. The molecule has 1 amide bonds. The maximum absolute atomic E-state index is 12.1. The standard InChI is InChI=1S/C18H24ClN3O3S/c1-11(2)14(20-16(23)25-18(3,4)5)15-21-22-17(24-15)26-10-12-6-8-13(19)9-7-12/h6-9,11,14H,10H2,1-5H3,(H,20,23)/t14-/m0/s1. The third kappa shape index (κ3) is 6.53. The first-order valence-electron chi connectivity index (χ1n) is 8.34. The Balaban J connectivity index is 1.99. The first-order chi connectivity index (χ1) is 12.1. The molecule has 0 aliphatic carbocycles. The summed E-state index contributed by atoms with van der Waals surface area (Å²) in [5.41, 5.74) is 0.534. The maximum Gasteiger partial charge on any atom is 0.408 e. The van der Waals surface area contributed by atoms with Gasteiger partial charge in [-0.3, -0.25) is 0 Å². The van der Waals surface area contributed by atoms with Gasteiger partial charge >= 0.3 is 6.09 Å². The number of carbonyl (C=O) groups is 1. The van der Waals surface area contributed by atoms with Gasteiger partial charge in [0, 0.05) is 10.8 Å². The molecular weight excluding hydrogens is 374 g/mol. The molecule has 6 nitrogen and oxygen atoms in total. The van der Waals surface area contributed by atoms with E-state index in [0.717, 1.165) is 5.56 Å². The normalized spacial score (nSPS) is 12.9. The second kappa shape index (κ2) is 8.77. The Morgan fingerprint density at radius 1 is 1.27 bits per heavy atom. The largest absolute Gasteiger partial charge is 0.444 e. The highest BCUT2D eigenvalue weighted by molar-refractivity contribution is 7.98. The zero-order valence-corrected chi connectivity index (χ0v) is 17.1.